The molecule has 0 fully saturated rings. The van der Waals surface area contributed by atoms with E-state index in [4.69, 9.17) is 15.2 Å². The number of benzene rings is 2. The van der Waals surface area contributed by atoms with E-state index in [1.807, 2.05) is 44.2 Å². The van der Waals surface area contributed by atoms with Crippen molar-refractivity contribution in [2.75, 3.05) is 11.7 Å². The van der Waals surface area contributed by atoms with E-state index >= 15 is 0 Å². The van der Waals surface area contributed by atoms with Crippen LogP contribution in [0.4, 0.5) is 10.5 Å². The Kier molecular flexibility index (Phi) is 4.31. The molecular weight excluding hydrogens is 308 g/mol. The molecule has 1 atom stereocenters. The largest absolute Gasteiger partial charge is 0.454 e. The molecule has 0 aliphatic carbocycles. The Morgan fingerprint density at radius 1 is 1.17 bits per heavy atom. The second-order valence-electron chi connectivity index (χ2n) is 5.88. The maximum absolute atomic E-state index is 11.9. The van der Waals surface area contributed by atoms with E-state index < -0.39 is 12.1 Å². The molecule has 0 saturated heterocycles. The van der Waals surface area contributed by atoms with Gasteiger partial charge in [0.05, 0.1) is 5.69 Å². The lowest BCUT2D eigenvalue weighted by Crippen LogP contribution is -2.41. The summed E-state index contributed by atoms with van der Waals surface area (Å²) in [4.78, 5) is 13.4. The van der Waals surface area contributed by atoms with Gasteiger partial charge in [-0.2, -0.15) is 0 Å². The Hall–Kier alpha value is -2.73. The van der Waals surface area contributed by atoms with E-state index in [0.29, 0.717) is 28.3 Å². The number of aliphatic hydroxyl groups excluding tert-OH is 1. The Morgan fingerprint density at radius 3 is 2.38 bits per heavy atom. The zero-order chi connectivity index (χ0) is 17.3. The van der Waals surface area contributed by atoms with E-state index in [1.165, 1.54) is 4.90 Å². The summed E-state index contributed by atoms with van der Waals surface area (Å²) < 4.78 is 10.8. The molecule has 0 radical (unpaired) electrons. The first-order valence-corrected chi connectivity index (χ1v) is 7.74. The van der Waals surface area contributed by atoms with Gasteiger partial charge < -0.3 is 20.3 Å². The lowest BCUT2D eigenvalue weighted by Gasteiger charge is -2.29. The summed E-state index contributed by atoms with van der Waals surface area (Å²) in [6, 6.07) is 11.8. The van der Waals surface area contributed by atoms with Gasteiger partial charge in [-0.05, 0) is 25.5 Å². The van der Waals surface area contributed by atoms with Gasteiger partial charge >= 0.3 is 6.03 Å². The van der Waals surface area contributed by atoms with Gasteiger partial charge in [0.15, 0.2) is 11.5 Å². The molecule has 6 nitrogen and oxygen atoms in total. The van der Waals surface area contributed by atoms with Crippen LogP contribution in [0, 0.1) is 0 Å². The lowest BCUT2D eigenvalue weighted by molar-refractivity contribution is 0.173. The summed E-state index contributed by atoms with van der Waals surface area (Å²) in [7, 11) is 0. The van der Waals surface area contributed by atoms with Gasteiger partial charge in [0.25, 0.3) is 0 Å². The van der Waals surface area contributed by atoms with Crippen LogP contribution < -0.4 is 20.1 Å². The van der Waals surface area contributed by atoms with Crippen molar-refractivity contribution >= 4 is 11.7 Å². The van der Waals surface area contributed by atoms with Gasteiger partial charge in [0.2, 0.25) is 6.79 Å². The predicted octanol–water partition coefficient (Wildman–Crippen LogP) is 2.79. The van der Waals surface area contributed by atoms with Crippen LogP contribution in [0.1, 0.15) is 31.1 Å². The monoisotopic (exact) mass is 328 g/mol. The number of nitrogens with two attached hydrogens (primary N) is 1. The highest BCUT2D eigenvalue weighted by atomic mass is 16.7. The van der Waals surface area contributed by atoms with Crippen molar-refractivity contribution in [3.63, 3.8) is 0 Å². The van der Waals surface area contributed by atoms with Crippen LogP contribution in [0.5, 0.6) is 11.5 Å². The van der Waals surface area contributed by atoms with Crippen LogP contribution in [-0.2, 0) is 0 Å². The number of carbonyl (C=O) groups excluding carboxylic acids is 1. The number of hydrogen-bond acceptors (Lipinski definition) is 4. The average molecular weight is 328 g/mol. The fourth-order valence-electron chi connectivity index (χ4n) is 2.84. The molecule has 2 aromatic rings. The highest BCUT2D eigenvalue weighted by molar-refractivity contribution is 5.93. The summed E-state index contributed by atoms with van der Waals surface area (Å²) >= 11 is 0. The summed E-state index contributed by atoms with van der Waals surface area (Å²) in [5.41, 5.74) is 7.32. The Labute approximate surface area is 140 Å². The van der Waals surface area contributed by atoms with Crippen LogP contribution in [-0.4, -0.2) is 24.0 Å². The average Bonchev–Trinajstić information content (AvgIpc) is 3.01. The topological polar surface area (TPSA) is 85.0 Å². The molecule has 2 amide bonds. The number of urea groups is 1. The molecule has 24 heavy (non-hydrogen) atoms. The molecule has 1 heterocycles. The number of aliphatic hydroxyl groups is 1. The van der Waals surface area contributed by atoms with Crippen LogP contribution in [0.2, 0.25) is 0 Å². The molecular formula is C18H20N2O4. The Balaban J connectivity index is 2.15. The molecule has 0 saturated carbocycles. The van der Waals surface area contributed by atoms with Crippen LogP contribution in [0.15, 0.2) is 42.5 Å². The number of rotatable bonds is 4. The number of hydrogen-bond donors (Lipinski definition) is 2. The molecule has 0 spiro atoms. The van der Waals surface area contributed by atoms with E-state index in [9.17, 15) is 9.90 Å². The molecule has 3 N–H and O–H groups in total. The van der Waals surface area contributed by atoms with E-state index in [1.54, 1.807) is 12.1 Å². The smallest absolute Gasteiger partial charge is 0.319 e. The summed E-state index contributed by atoms with van der Waals surface area (Å²) in [5, 5.41) is 10.8. The predicted molar refractivity (Wildman–Crippen MR) is 90.3 cm³/mol. The first-order chi connectivity index (χ1) is 11.5. The molecule has 0 bridgehead atoms. The molecule has 1 aliphatic rings. The molecule has 126 valence electrons. The number of ether oxygens (including phenoxy) is 2. The van der Waals surface area contributed by atoms with Gasteiger partial charge in [-0.15, -0.1) is 0 Å². The molecule has 0 aromatic heterocycles. The van der Waals surface area contributed by atoms with E-state index in [0.717, 1.165) is 0 Å². The van der Waals surface area contributed by atoms with E-state index in [-0.39, 0.29) is 12.8 Å². The maximum atomic E-state index is 11.9. The van der Waals surface area contributed by atoms with Crippen molar-refractivity contribution < 1.29 is 19.4 Å². The van der Waals surface area contributed by atoms with E-state index in [2.05, 4.69) is 0 Å². The highest BCUT2D eigenvalue weighted by Crippen LogP contribution is 2.42. The van der Waals surface area contributed by atoms with Crippen LogP contribution in [0.3, 0.4) is 0 Å². The Bertz CT molecular complexity index is 746. The summed E-state index contributed by atoms with van der Waals surface area (Å²) in [6.45, 7) is 3.82. The number of amides is 2. The molecule has 2 aromatic carbocycles. The first-order valence-electron chi connectivity index (χ1n) is 7.74. The van der Waals surface area contributed by atoms with Gasteiger partial charge in [0, 0.05) is 17.7 Å². The normalized spacial score (nSPS) is 13.8. The molecule has 1 unspecified atom stereocenters. The minimum Gasteiger partial charge on any atom is -0.454 e. The molecule has 6 heteroatoms. The molecule has 3 rings (SSSR count). The number of nitrogens with zero attached hydrogens (tertiary/aromatic N) is 1. The lowest BCUT2D eigenvalue weighted by atomic mass is 9.98. The number of fused-ring (bicyclic) bond motifs is 1. The van der Waals surface area contributed by atoms with Crippen molar-refractivity contribution in [2.24, 2.45) is 5.73 Å². The minimum absolute atomic E-state index is 0.109. The fraction of sp³-hybridized carbons (Fsp3) is 0.278. The standard InChI is InChI=1S/C18H20N2O4/c1-11(2)20(18(19)22)14-9-16-15(23-10-24-16)8-13(14)17(21)12-6-4-3-5-7-12/h3-9,11,17,21H,10H2,1-2H3,(H2,19,22). The third-order valence-corrected chi connectivity index (χ3v) is 3.95. The Morgan fingerprint density at radius 2 is 1.79 bits per heavy atom. The molecule has 1 aliphatic heterocycles. The van der Waals surface area contributed by atoms with Gasteiger partial charge in [-0.25, -0.2) is 4.79 Å². The summed E-state index contributed by atoms with van der Waals surface area (Å²) in [5.74, 6) is 1.07. The highest BCUT2D eigenvalue weighted by Gasteiger charge is 2.28. The first kappa shape index (κ1) is 16.1. The van der Waals surface area contributed by atoms with Gasteiger partial charge in [-0.1, -0.05) is 30.3 Å². The van der Waals surface area contributed by atoms with Crippen molar-refractivity contribution in [1.29, 1.82) is 0 Å². The fourth-order valence-corrected chi connectivity index (χ4v) is 2.84. The second kappa shape index (κ2) is 6.41. The maximum Gasteiger partial charge on any atom is 0.319 e. The zero-order valence-corrected chi connectivity index (χ0v) is 13.6. The van der Waals surface area contributed by atoms with Crippen LogP contribution in [0.25, 0.3) is 0 Å². The van der Waals surface area contributed by atoms with Crippen molar-refractivity contribution in [1.82, 2.24) is 0 Å². The zero-order valence-electron chi connectivity index (χ0n) is 13.6. The quantitative estimate of drug-likeness (QED) is 0.904. The number of carbonyl (C=O) groups is 1. The van der Waals surface area contributed by atoms with Crippen molar-refractivity contribution in [3.05, 3.63) is 53.6 Å². The van der Waals surface area contributed by atoms with Gasteiger partial charge in [-0.3, -0.25) is 4.90 Å². The number of anilines is 1. The van der Waals surface area contributed by atoms with Crippen molar-refractivity contribution in [2.45, 2.75) is 26.0 Å². The number of primary amides is 1. The third-order valence-electron chi connectivity index (χ3n) is 3.95. The van der Waals surface area contributed by atoms with Crippen LogP contribution >= 0.6 is 0 Å². The summed E-state index contributed by atoms with van der Waals surface area (Å²) in [6.07, 6.45) is -0.920. The second-order valence-corrected chi connectivity index (χ2v) is 5.88. The van der Waals surface area contributed by atoms with Crippen molar-refractivity contribution in [3.8, 4) is 11.5 Å². The third kappa shape index (κ3) is 2.88. The SMILES string of the molecule is CC(C)N(C(N)=O)c1cc2c(cc1C(O)c1ccccc1)OCO2. The van der Waals surface area contributed by atoms with Gasteiger partial charge in [0.1, 0.15) is 6.10 Å². The minimum atomic E-state index is -0.920.